The monoisotopic (exact) mass is 372 g/mol. The molecule has 1 aromatic rings. The molecule has 0 aromatic carbocycles. The van der Waals surface area contributed by atoms with E-state index in [1.165, 1.54) is 43.5 Å². The lowest BCUT2D eigenvalue weighted by atomic mass is 9.78. The highest BCUT2D eigenvalue weighted by Crippen LogP contribution is 2.35. The van der Waals surface area contributed by atoms with Gasteiger partial charge in [-0.3, -0.25) is 19.0 Å². The van der Waals surface area contributed by atoms with Crippen molar-refractivity contribution in [2.24, 2.45) is 5.92 Å². The van der Waals surface area contributed by atoms with Crippen molar-refractivity contribution in [2.75, 3.05) is 13.1 Å². The number of likely N-dealkylation sites (tertiary alicyclic amines) is 1. The highest BCUT2D eigenvalue weighted by molar-refractivity contribution is 5.76. The molecule has 2 fully saturated rings. The largest absolute Gasteiger partial charge is 0.338 e. The van der Waals surface area contributed by atoms with E-state index in [1.807, 2.05) is 4.90 Å². The fourth-order valence-electron chi connectivity index (χ4n) is 5.01. The fourth-order valence-corrected chi connectivity index (χ4v) is 5.01. The number of nitrogens with zero attached hydrogens (tertiary/aromatic N) is 4. The summed E-state index contributed by atoms with van der Waals surface area (Å²) in [5, 5.41) is 0. The van der Waals surface area contributed by atoms with Crippen molar-refractivity contribution in [3.05, 3.63) is 27.9 Å². The molecule has 0 unspecified atom stereocenters. The third-order valence-corrected chi connectivity index (χ3v) is 6.51. The molecule has 1 aliphatic carbocycles. The zero-order chi connectivity index (χ0) is 19.0. The number of aromatic nitrogens is 2. The van der Waals surface area contributed by atoms with E-state index >= 15 is 0 Å². The lowest BCUT2D eigenvalue weighted by Gasteiger charge is -2.44. The van der Waals surface area contributed by atoms with Gasteiger partial charge in [-0.2, -0.15) is 0 Å². The van der Waals surface area contributed by atoms with Gasteiger partial charge in [0.2, 0.25) is 11.8 Å². The number of amides is 2. The maximum atomic E-state index is 13.0. The molecule has 7 nitrogen and oxygen atoms in total. The normalized spacial score (nSPS) is 24.9. The van der Waals surface area contributed by atoms with E-state index in [2.05, 4.69) is 4.98 Å². The van der Waals surface area contributed by atoms with Crippen LogP contribution in [-0.2, 0) is 29.1 Å². The van der Waals surface area contributed by atoms with Crippen LogP contribution in [0.25, 0.3) is 0 Å². The Labute approximate surface area is 159 Å². The molecule has 2 amide bonds. The highest BCUT2D eigenvalue weighted by atomic mass is 16.2. The molecular formula is C20H28N4O3. The first-order valence-corrected chi connectivity index (χ1v) is 10.2. The van der Waals surface area contributed by atoms with Gasteiger partial charge in [0.05, 0.1) is 18.6 Å². The molecule has 0 bridgehead atoms. The summed E-state index contributed by atoms with van der Waals surface area (Å²) in [6.45, 7) is 3.32. The van der Waals surface area contributed by atoms with Gasteiger partial charge in [0.15, 0.2) is 0 Å². The second-order valence-corrected chi connectivity index (χ2v) is 8.13. The van der Waals surface area contributed by atoms with Gasteiger partial charge in [-0.15, -0.1) is 0 Å². The summed E-state index contributed by atoms with van der Waals surface area (Å²) in [5.74, 6) is 0.665. The minimum atomic E-state index is -0.131. The van der Waals surface area contributed by atoms with E-state index < -0.39 is 0 Å². The molecule has 4 rings (SSSR count). The van der Waals surface area contributed by atoms with Crippen LogP contribution in [0.1, 0.15) is 56.7 Å². The molecule has 2 aliphatic heterocycles. The van der Waals surface area contributed by atoms with E-state index in [0.717, 1.165) is 19.4 Å². The number of fused-ring (bicyclic) bond motifs is 2. The molecule has 27 heavy (non-hydrogen) atoms. The van der Waals surface area contributed by atoms with Crippen LogP contribution in [0.15, 0.2) is 11.1 Å². The molecule has 1 aromatic heterocycles. The van der Waals surface area contributed by atoms with Crippen LogP contribution in [0.2, 0.25) is 0 Å². The number of carbonyl (C=O) groups excluding carboxylic acids is 2. The molecule has 1 saturated heterocycles. The molecule has 3 aliphatic rings. The van der Waals surface area contributed by atoms with Crippen LogP contribution in [0.5, 0.6) is 0 Å². The van der Waals surface area contributed by atoms with Crippen LogP contribution in [-0.4, -0.2) is 50.3 Å². The van der Waals surface area contributed by atoms with E-state index in [1.54, 1.807) is 4.90 Å². The number of carbonyl (C=O) groups is 2. The van der Waals surface area contributed by atoms with Crippen molar-refractivity contribution >= 4 is 11.8 Å². The second-order valence-electron chi connectivity index (χ2n) is 8.13. The van der Waals surface area contributed by atoms with Gasteiger partial charge in [0.1, 0.15) is 6.54 Å². The Morgan fingerprint density at radius 1 is 1.15 bits per heavy atom. The Bertz CT molecular complexity index is 801. The third kappa shape index (κ3) is 3.51. The lowest BCUT2D eigenvalue weighted by Crippen LogP contribution is -2.51. The molecule has 0 radical (unpaired) electrons. The Kier molecular flexibility index (Phi) is 5.02. The first-order chi connectivity index (χ1) is 13.0. The standard InChI is InChI=1S/C20H28N4O3/c1-14(25)22-10-8-16-17(11-22)21-13-23(20(16)27)12-19(26)24-9-4-6-15-5-2-3-7-18(15)24/h13,15,18H,2-12H2,1H3/t15-,18+/m1/s1. The molecule has 7 heteroatoms. The van der Waals surface area contributed by atoms with Crippen molar-refractivity contribution in [1.82, 2.24) is 19.4 Å². The van der Waals surface area contributed by atoms with E-state index in [4.69, 9.17) is 0 Å². The zero-order valence-electron chi connectivity index (χ0n) is 16.0. The van der Waals surface area contributed by atoms with Crippen molar-refractivity contribution < 1.29 is 9.59 Å². The van der Waals surface area contributed by atoms with Gasteiger partial charge in [-0.25, -0.2) is 4.98 Å². The molecule has 3 heterocycles. The first-order valence-electron chi connectivity index (χ1n) is 10.2. The number of hydrogen-bond acceptors (Lipinski definition) is 4. The maximum Gasteiger partial charge on any atom is 0.257 e. The van der Waals surface area contributed by atoms with Gasteiger partial charge in [0.25, 0.3) is 5.56 Å². The molecule has 0 spiro atoms. The Morgan fingerprint density at radius 3 is 2.74 bits per heavy atom. The molecule has 146 valence electrons. The van der Waals surface area contributed by atoms with Crippen molar-refractivity contribution in [3.8, 4) is 0 Å². The SMILES string of the molecule is CC(=O)N1CCc2c(ncn(CC(=O)N3CCC[C@H]4CCCC[C@@H]43)c2=O)C1. The molecule has 0 N–H and O–H groups in total. The summed E-state index contributed by atoms with van der Waals surface area (Å²) in [6.07, 6.45) is 9.05. The van der Waals surface area contributed by atoms with Crippen LogP contribution in [0.3, 0.4) is 0 Å². The average Bonchev–Trinajstić information content (AvgIpc) is 2.69. The fraction of sp³-hybridized carbons (Fsp3) is 0.700. The number of piperidine rings is 1. The van der Waals surface area contributed by atoms with Crippen LogP contribution in [0.4, 0.5) is 0 Å². The number of hydrogen-bond donors (Lipinski definition) is 0. The van der Waals surface area contributed by atoms with E-state index in [9.17, 15) is 14.4 Å². The molecule has 1 saturated carbocycles. The minimum Gasteiger partial charge on any atom is -0.338 e. The van der Waals surface area contributed by atoms with Gasteiger partial charge in [-0.05, 0) is 38.0 Å². The van der Waals surface area contributed by atoms with E-state index in [0.29, 0.717) is 42.7 Å². The predicted molar refractivity (Wildman–Crippen MR) is 100.0 cm³/mol. The summed E-state index contributed by atoms with van der Waals surface area (Å²) in [4.78, 5) is 45.5. The summed E-state index contributed by atoms with van der Waals surface area (Å²) >= 11 is 0. The Hall–Kier alpha value is -2.18. The third-order valence-electron chi connectivity index (χ3n) is 6.51. The Balaban J connectivity index is 1.50. The summed E-state index contributed by atoms with van der Waals surface area (Å²) < 4.78 is 1.46. The Morgan fingerprint density at radius 2 is 1.93 bits per heavy atom. The number of rotatable bonds is 2. The van der Waals surface area contributed by atoms with Gasteiger partial charge in [-0.1, -0.05) is 12.8 Å². The topological polar surface area (TPSA) is 75.5 Å². The zero-order valence-corrected chi connectivity index (χ0v) is 16.0. The average molecular weight is 372 g/mol. The molecular weight excluding hydrogens is 344 g/mol. The smallest absolute Gasteiger partial charge is 0.257 e. The second kappa shape index (κ2) is 7.44. The van der Waals surface area contributed by atoms with Gasteiger partial charge < -0.3 is 9.80 Å². The first kappa shape index (κ1) is 18.2. The van der Waals surface area contributed by atoms with Crippen LogP contribution in [0, 0.1) is 5.92 Å². The summed E-state index contributed by atoms with van der Waals surface area (Å²) in [6, 6.07) is 0.352. The van der Waals surface area contributed by atoms with E-state index in [-0.39, 0.29) is 23.9 Å². The predicted octanol–water partition coefficient (Wildman–Crippen LogP) is 1.33. The van der Waals surface area contributed by atoms with Crippen molar-refractivity contribution in [1.29, 1.82) is 0 Å². The summed E-state index contributed by atoms with van der Waals surface area (Å²) in [5.41, 5.74) is 1.18. The summed E-state index contributed by atoms with van der Waals surface area (Å²) in [7, 11) is 0. The van der Waals surface area contributed by atoms with Crippen molar-refractivity contribution in [2.45, 2.75) is 71.0 Å². The molecule has 2 atom stereocenters. The lowest BCUT2D eigenvalue weighted by molar-refractivity contribution is -0.138. The van der Waals surface area contributed by atoms with Gasteiger partial charge in [0, 0.05) is 31.6 Å². The quantitative estimate of drug-likeness (QED) is 0.785. The highest BCUT2D eigenvalue weighted by Gasteiger charge is 2.35. The van der Waals surface area contributed by atoms with Gasteiger partial charge >= 0.3 is 0 Å². The maximum absolute atomic E-state index is 13.0. The minimum absolute atomic E-state index is 0.00561. The van der Waals surface area contributed by atoms with Crippen molar-refractivity contribution in [3.63, 3.8) is 0 Å². The van der Waals surface area contributed by atoms with Crippen LogP contribution < -0.4 is 5.56 Å². The van der Waals surface area contributed by atoms with Crippen LogP contribution >= 0.6 is 0 Å².